The van der Waals surface area contributed by atoms with Crippen LogP contribution in [0.2, 0.25) is 5.02 Å². The third kappa shape index (κ3) is 4.36. The van der Waals surface area contributed by atoms with Crippen molar-refractivity contribution < 1.29 is 9.18 Å². The zero-order chi connectivity index (χ0) is 20.1. The van der Waals surface area contributed by atoms with Crippen LogP contribution in [-0.2, 0) is 17.8 Å². The van der Waals surface area contributed by atoms with Gasteiger partial charge in [-0.1, -0.05) is 43.6 Å². The number of imidazole rings is 1. The van der Waals surface area contributed by atoms with E-state index >= 15 is 0 Å². The molecule has 0 radical (unpaired) electrons. The first-order valence-corrected chi connectivity index (χ1v) is 10.1. The Morgan fingerprint density at radius 3 is 2.64 bits per heavy atom. The first kappa shape index (κ1) is 20.3. The van der Waals surface area contributed by atoms with Gasteiger partial charge in [0.05, 0.1) is 17.6 Å². The van der Waals surface area contributed by atoms with Crippen LogP contribution in [0.25, 0.3) is 11.0 Å². The molecule has 6 heteroatoms. The van der Waals surface area contributed by atoms with Crippen LogP contribution < -0.4 is 5.32 Å². The zero-order valence-electron chi connectivity index (χ0n) is 16.2. The normalized spacial score (nSPS) is 11.3. The molecule has 0 fully saturated rings. The average Bonchev–Trinajstić information content (AvgIpc) is 3.03. The molecule has 1 N–H and O–H groups in total. The van der Waals surface area contributed by atoms with Crippen LogP contribution in [0.15, 0.2) is 42.5 Å². The molecule has 148 valence electrons. The Morgan fingerprint density at radius 1 is 1.18 bits per heavy atom. The van der Waals surface area contributed by atoms with Gasteiger partial charge in [0.2, 0.25) is 5.91 Å². The number of rotatable bonds is 8. The van der Waals surface area contributed by atoms with Gasteiger partial charge >= 0.3 is 0 Å². The summed E-state index contributed by atoms with van der Waals surface area (Å²) in [7, 11) is 0. The number of amides is 1. The smallest absolute Gasteiger partial charge is 0.223 e. The Kier molecular flexibility index (Phi) is 6.68. The summed E-state index contributed by atoms with van der Waals surface area (Å²) in [5.74, 6) is 0.574. The standard InChI is InChI=1S/C22H25ClFN3O/c1-3-15(4-2)22(28)25-13-12-21-26-19-10-5-6-11-20(19)27(21)14-16-17(23)8-7-9-18(16)24/h5-11,15H,3-4,12-14H2,1-2H3,(H,25,28). The summed E-state index contributed by atoms with van der Waals surface area (Å²) < 4.78 is 16.3. The monoisotopic (exact) mass is 401 g/mol. The van der Waals surface area contributed by atoms with Gasteiger partial charge in [-0.05, 0) is 37.1 Å². The van der Waals surface area contributed by atoms with E-state index < -0.39 is 0 Å². The lowest BCUT2D eigenvalue weighted by molar-refractivity contribution is -0.125. The van der Waals surface area contributed by atoms with Crippen LogP contribution in [0.4, 0.5) is 4.39 Å². The molecule has 0 saturated heterocycles. The first-order valence-electron chi connectivity index (χ1n) is 9.69. The molecule has 0 aliphatic heterocycles. The molecule has 0 unspecified atom stereocenters. The molecule has 3 aromatic rings. The topological polar surface area (TPSA) is 46.9 Å². The number of carbonyl (C=O) groups excluding carboxylic acids is 1. The average molecular weight is 402 g/mol. The number of hydrogen-bond acceptors (Lipinski definition) is 2. The van der Waals surface area contributed by atoms with Crippen LogP contribution in [-0.4, -0.2) is 22.0 Å². The van der Waals surface area contributed by atoms with E-state index in [2.05, 4.69) is 5.32 Å². The molecule has 0 bridgehead atoms. The van der Waals surface area contributed by atoms with Gasteiger partial charge in [0.1, 0.15) is 11.6 Å². The van der Waals surface area contributed by atoms with E-state index in [1.807, 2.05) is 42.7 Å². The third-order valence-electron chi connectivity index (χ3n) is 5.12. The molecule has 1 heterocycles. The fourth-order valence-electron chi connectivity index (χ4n) is 3.44. The molecule has 0 spiro atoms. The Morgan fingerprint density at radius 2 is 1.93 bits per heavy atom. The van der Waals surface area contributed by atoms with Crippen molar-refractivity contribution in [3.63, 3.8) is 0 Å². The lowest BCUT2D eigenvalue weighted by Gasteiger charge is -2.14. The molecule has 28 heavy (non-hydrogen) atoms. The van der Waals surface area contributed by atoms with Gasteiger partial charge < -0.3 is 9.88 Å². The van der Waals surface area contributed by atoms with Gasteiger partial charge in [0.25, 0.3) is 0 Å². The van der Waals surface area contributed by atoms with Crippen LogP contribution in [0.5, 0.6) is 0 Å². The van der Waals surface area contributed by atoms with E-state index in [0.717, 1.165) is 29.7 Å². The summed E-state index contributed by atoms with van der Waals surface area (Å²) in [6.45, 7) is 4.82. The quantitative estimate of drug-likeness (QED) is 0.579. The van der Waals surface area contributed by atoms with Crippen LogP contribution in [0.1, 0.15) is 38.1 Å². The van der Waals surface area contributed by atoms with Gasteiger partial charge in [0.15, 0.2) is 0 Å². The Bertz CT molecular complexity index is 945. The van der Waals surface area contributed by atoms with Crippen LogP contribution in [0, 0.1) is 11.7 Å². The Labute approximate surface area is 169 Å². The second kappa shape index (κ2) is 9.20. The van der Waals surface area contributed by atoms with Crippen molar-refractivity contribution in [2.24, 2.45) is 5.92 Å². The van der Waals surface area contributed by atoms with E-state index in [1.165, 1.54) is 6.07 Å². The molecule has 0 saturated carbocycles. The maximum Gasteiger partial charge on any atom is 0.223 e. The Balaban J connectivity index is 1.84. The minimum Gasteiger partial charge on any atom is -0.355 e. The van der Waals surface area contributed by atoms with Crippen molar-refractivity contribution in [2.75, 3.05) is 6.54 Å². The number of fused-ring (bicyclic) bond motifs is 1. The molecule has 1 amide bonds. The number of nitrogens with one attached hydrogen (secondary N) is 1. The summed E-state index contributed by atoms with van der Waals surface area (Å²) in [6.07, 6.45) is 2.21. The molecular weight excluding hydrogens is 377 g/mol. The number of para-hydroxylation sites is 2. The summed E-state index contributed by atoms with van der Waals surface area (Å²) in [6, 6.07) is 12.5. The number of aromatic nitrogens is 2. The lowest BCUT2D eigenvalue weighted by atomic mass is 10.0. The molecule has 2 aromatic carbocycles. The molecule has 0 aliphatic rings. The van der Waals surface area contributed by atoms with E-state index in [1.54, 1.807) is 12.1 Å². The van der Waals surface area contributed by atoms with Gasteiger partial charge in [-0.25, -0.2) is 9.37 Å². The molecule has 0 atom stereocenters. The second-order valence-electron chi connectivity index (χ2n) is 6.86. The van der Waals surface area contributed by atoms with E-state index in [-0.39, 0.29) is 17.6 Å². The number of benzene rings is 2. The number of carbonyl (C=O) groups is 1. The Hall–Kier alpha value is -2.40. The van der Waals surface area contributed by atoms with Gasteiger partial charge in [-0.2, -0.15) is 0 Å². The zero-order valence-corrected chi connectivity index (χ0v) is 17.0. The minimum atomic E-state index is -0.335. The summed E-state index contributed by atoms with van der Waals surface area (Å²) in [4.78, 5) is 16.9. The molecule has 4 nitrogen and oxygen atoms in total. The van der Waals surface area contributed by atoms with Crippen molar-refractivity contribution in [3.05, 3.63) is 64.7 Å². The van der Waals surface area contributed by atoms with Gasteiger partial charge in [-0.3, -0.25) is 4.79 Å². The van der Waals surface area contributed by atoms with Crippen molar-refractivity contribution in [1.29, 1.82) is 0 Å². The summed E-state index contributed by atoms with van der Waals surface area (Å²) >= 11 is 6.23. The highest BCUT2D eigenvalue weighted by molar-refractivity contribution is 6.31. The van der Waals surface area contributed by atoms with Crippen molar-refractivity contribution >= 4 is 28.5 Å². The van der Waals surface area contributed by atoms with E-state index in [4.69, 9.17) is 16.6 Å². The largest absolute Gasteiger partial charge is 0.355 e. The maximum atomic E-state index is 14.3. The van der Waals surface area contributed by atoms with E-state index in [9.17, 15) is 9.18 Å². The fraction of sp³-hybridized carbons (Fsp3) is 0.364. The minimum absolute atomic E-state index is 0.0380. The first-order chi connectivity index (χ1) is 13.5. The predicted molar refractivity (Wildman–Crippen MR) is 111 cm³/mol. The number of halogens is 2. The number of hydrogen-bond donors (Lipinski definition) is 1. The van der Waals surface area contributed by atoms with Gasteiger partial charge in [0, 0.05) is 29.5 Å². The molecule has 3 rings (SSSR count). The molecular formula is C22H25ClFN3O. The van der Waals surface area contributed by atoms with Crippen molar-refractivity contribution in [3.8, 4) is 0 Å². The maximum absolute atomic E-state index is 14.3. The van der Waals surface area contributed by atoms with Crippen LogP contribution in [0.3, 0.4) is 0 Å². The third-order valence-corrected chi connectivity index (χ3v) is 5.47. The molecule has 0 aliphatic carbocycles. The summed E-state index contributed by atoms with van der Waals surface area (Å²) in [5.41, 5.74) is 2.20. The van der Waals surface area contributed by atoms with E-state index in [0.29, 0.717) is 30.1 Å². The van der Waals surface area contributed by atoms with Crippen LogP contribution >= 0.6 is 11.6 Å². The predicted octanol–water partition coefficient (Wildman–Crippen LogP) is 4.97. The highest BCUT2D eigenvalue weighted by Crippen LogP contribution is 2.24. The fourth-order valence-corrected chi connectivity index (χ4v) is 3.66. The second-order valence-corrected chi connectivity index (χ2v) is 7.26. The lowest BCUT2D eigenvalue weighted by Crippen LogP contribution is -2.32. The highest BCUT2D eigenvalue weighted by Gasteiger charge is 2.16. The van der Waals surface area contributed by atoms with Crippen molar-refractivity contribution in [2.45, 2.75) is 39.7 Å². The molecule has 1 aromatic heterocycles. The number of nitrogens with zero attached hydrogens (tertiary/aromatic N) is 2. The summed E-state index contributed by atoms with van der Waals surface area (Å²) in [5, 5.41) is 3.39. The SMILES string of the molecule is CCC(CC)C(=O)NCCc1nc2ccccc2n1Cc1c(F)cccc1Cl. The van der Waals surface area contributed by atoms with Crippen molar-refractivity contribution in [1.82, 2.24) is 14.9 Å². The highest BCUT2D eigenvalue weighted by atomic mass is 35.5. The van der Waals surface area contributed by atoms with Gasteiger partial charge in [-0.15, -0.1) is 0 Å².